The van der Waals surface area contributed by atoms with E-state index < -0.39 is 18.3 Å². The Balaban J connectivity index is 1.72. The van der Waals surface area contributed by atoms with Crippen LogP contribution in [0, 0.1) is 0 Å². The van der Waals surface area contributed by atoms with Crippen LogP contribution in [0.15, 0.2) is 65.8 Å². The first kappa shape index (κ1) is 21.4. The molecule has 172 valence electrons. The third-order valence-corrected chi connectivity index (χ3v) is 5.25. The van der Waals surface area contributed by atoms with Gasteiger partial charge in [0.15, 0.2) is 5.65 Å². The molecule has 3 heterocycles. The summed E-state index contributed by atoms with van der Waals surface area (Å²) in [5, 5.41) is 2.64. The highest BCUT2D eigenvalue weighted by Gasteiger charge is 2.27. The van der Waals surface area contributed by atoms with Gasteiger partial charge in [0.05, 0.1) is 30.2 Å². The van der Waals surface area contributed by atoms with Gasteiger partial charge in [-0.3, -0.25) is 9.36 Å². The normalized spacial score (nSPS) is 11.8. The van der Waals surface area contributed by atoms with E-state index in [1.54, 1.807) is 48.8 Å². The molecule has 0 aliphatic heterocycles. The van der Waals surface area contributed by atoms with Crippen molar-refractivity contribution in [3.63, 3.8) is 0 Å². The predicted octanol–water partition coefficient (Wildman–Crippen LogP) is 4.31. The predicted molar refractivity (Wildman–Crippen MR) is 121 cm³/mol. The Bertz CT molecular complexity index is 1560. The summed E-state index contributed by atoms with van der Waals surface area (Å²) in [6.45, 7) is -1.30. The minimum absolute atomic E-state index is 0.168. The molecule has 0 unspecified atom stereocenters. The van der Waals surface area contributed by atoms with E-state index in [9.17, 15) is 18.0 Å². The molecule has 0 atom stereocenters. The molecule has 2 N–H and O–H groups in total. The highest BCUT2D eigenvalue weighted by molar-refractivity contribution is 5.86. The van der Waals surface area contributed by atoms with Crippen LogP contribution in [0.3, 0.4) is 0 Å². The molecule has 2 aromatic carbocycles. The van der Waals surface area contributed by atoms with Crippen LogP contribution < -0.4 is 15.6 Å². The number of nitrogens with zero attached hydrogens (tertiary/aromatic N) is 4. The summed E-state index contributed by atoms with van der Waals surface area (Å²) in [6.07, 6.45) is -1.49. The van der Waals surface area contributed by atoms with Crippen molar-refractivity contribution >= 4 is 28.0 Å². The van der Waals surface area contributed by atoms with E-state index >= 15 is 0 Å². The lowest BCUT2D eigenvalue weighted by Gasteiger charge is -2.14. The van der Waals surface area contributed by atoms with Gasteiger partial charge in [-0.15, -0.1) is 0 Å². The zero-order valence-electron chi connectivity index (χ0n) is 17.7. The van der Waals surface area contributed by atoms with Crippen molar-refractivity contribution in [2.45, 2.75) is 6.18 Å². The van der Waals surface area contributed by atoms with Crippen LogP contribution in [0.1, 0.15) is 0 Å². The standard InChI is InChI=1S/C23H17F3N6O2/c1-34-16-5-3-15(4-6-16)32-20-14(10-27-22(31-20)28-11-23(24,25)26)8-17(21(32)33)13-2-7-18-19(9-13)30-12-29-18/h2-10,12H,11H2,1H3,(H,29,30)(H,27,28,31). The summed E-state index contributed by atoms with van der Waals surface area (Å²) in [4.78, 5) is 29.1. The minimum Gasteiger partial charge on any atom is -0.497 e. The first-order chi connectivity index (χ1) is 16.3. The lowest BCUT2D eigenvalue weighted by atomic mass is 10.1. The third-order valence-electron chi connectivity index (χ3n) is 5.25. The van der Waals surface area contributed by atoms with Crippen molar-refractivity contribution in [3.05, 3.63) is 71.4 Å². The second-order valence-electron chi connectivity index (χ2n) is 7.47. The van der Waals surface area contributed by atoms with E-state index in [2.05, 4.69) is 25.3 Å². The summed E-state index contributed by atoms with van der Waals surface area (Å²) in [5.41, 5.74) is 2.78. The molecule has 8 nitrogen and oxygen atoms in total. The molecule has 5 aromatic rings. The smallest absolute Gasteiger partial charge is 0.405 e. The Morgan fingerprint density at radius 2 is 1.88 bits per heavy atom. The maximum Gasteiger partial charge on any atom is 0.405 e. The number of hydrogen-bond acceptors (Lipinski definition) is 6. The van der Waals surface area contributed by atoms with Gasteiger partial charge in [0.1, 0.15) is 12.3 Å². The molecule has 0 spiro atoms. The maximum absolute atomic E-state index is 13.7. The number of ether oxygens (including phenoxy) is 1. The lowest BCUT2D eigenvalue weighted by Crippen LogP contribution is -2.24. The van der Waals surface area contributed by atoms with Crippen LogP contribution in [0.25, 0.3) is 38.9 Å². The average Bonchev–Trinajstić information content (AvgIpc) is 3.30. The molecule has 11 heteroatoms. The third kappa shape index (κ3) is 4.03. The Kier molecular flexibility index (Phi) is 5.16. The summed E-state index contributed by atoms with van der Waals surface area (Å²) in [6, 6.07) is 13.7. The van der Waals surface area contributed by atoms with Gasteiger partial charge in [-0.2, -0.15) is 18.2 Å². The van der Waals surface area contributed by atoms with Gasteiger partial charge < -0.3 is 15.0 Å². The van der Waals surface area contributed by atoms with E-state index in [1.165, 1.54) is 17.9 Å². The van der Waals surface area contributed by atoms with E-state index in [1.807, 2.05) is 6.07 Å². The van der Waals surface area contributed by atoms with E-state index in [0.29, 0.717) is 28.0 Å². The van der Waals surface area contributed by atoms with Crippen LogP contribution in [0.2, 0.25) is 0 Å². The van der Waals surface area contributed by atoms with Crippen molar-refractivity contribution in [2.24, 2.45) is 0 Å². The number of imidazole rings is 1. The van der Waals surface area contributed by atoms with Gasteiger partial charge in [-0.05, 0) is 48.0 Å². The fourth-order valence-electron chi connectivity index (χ4n) is 3.64. The quantitative estimate of drug-likeness (QED) is 0.401. The van der Waals surface area contributed by atoms with Gasteiger partial charge in [0.2, 0.25) is 5.95 Å². The first-order valence-electron chi connectivity index (χ1n) is 10.1. The van der Waals surface area contributed by atoms with Crippen LogP contribution >= 0.6 is 0 Å². The maximum atomic E-state index is 13.7. The van der Waals surface area contributed by atoms with Crippen LogP contribution in [0.5, 0.6) is 5.75 Å². The zero-order chi connectivity index (χ0) is 23.9. The monoisotopic (exact) mass is 466 g/mol. The number of hydrogen-bond donors (Lipinski definition) is 2. The van der Waals surface area contributed by atoms with Crippen LogP contribution in [0.4, 0.5) is 19.1 Å². The van der Waals surface area contributed by atoms with Crippen LogP contribution in [-0.4, -0.2) is 44.3 Å². The molecule has 0 saturated heterocycles. The summed E-state index contributed by atoms with van der Waals surface area (Å²) >= 11 is 0. The number of methoxy groups -OCH3 is 1. The van der Waals surface area contributed by atoms with Gasteiger partial charge in [0.25, 0.3) is 5.56 Å². The Labute approximate surface area is 190 Å². The van der Waals surface area contributed by atoms with Crippen molar-refractivity contribution in [1.29, 1.82) is 0 Å². The molecule has 0 aliphatic carbocycles. The number of anilines is 1. The zero-order valence-corrected chi connectivity index (χ0v) is 17.7. The Morgan fingerprint density at radius 3 is 2.62 bits per heavy atom. The number of aromatic amines is 1. The fraction of sp³-hybridized carbons (Fsp3) is 0.130. The largest absolute Gasteiger partial charge is 0.497 e. The Hall–Kier alpha value is -4.41. The van der Waals surface area contributed by atoms with Crippen molar-refractivity contribution in [1.82, 2.24) is 24.5 Å². The molecule has 0 aliphatic rings. The van der Waals surface area contributed by atoms with Gasteiger partial charge in [-0.25, -0.2) is 9.97 Å². The molecule has 3 aromatic heterocycles. The van der Waals surface area contributed by atoms with E-state index in [0.717, 1.165) is 11.0 Å². The van der Waals surface area contributed by atoms with E-state index in [4.69, 9.17) is 4.74 Å². The molecule has 0 saturated carbocycles. The van der Waals surface area contributed by atoms with Crippen molar-refractivity contribution in [3.8, 4) is 22.6 Å². The van der Waals surface area contributed by atoms with Gasteiger partial charge in [0, 0.05) is 17.1 Å². The number of rotatable bonds is 5. The fourth-order valence-corrected chi connectivity index (χ4v) is 3.64. The first-order valence-corrected chi connectivity index (χ1v) is 10.1. The molecule has 5 rings (SSSR count). The molecule has 0 radical (unpaired) electrons. The number of H-pyrrole nitrogens is 1. The second-order valence-corrected chi connectivity index (χ2v) is 7.47. The average molecular weight is 466 g/mol. The van der Waals surface area contributed by atoms with Crippen LogP contribution in [-0.2, 0) is 0 Å². The number of nitrogens with one attached hydrogen (secondary N) is 2. The van der Waals surface area contributed by atoms with E-state index in [-0.39, 0.29) is 11.6 Å². The SMILES string of the molecule is COc1ccc(-n2c(=O)c(-c3ccc4nc[nH]c4c3)cc3cnc(NCC(F)(F)F)nc32)cc1. The second kappa shape index (κ2) is 8.18. The molecule has 0 bridgehead atoms. The number of fused-ring (bicyclic) bond motifs is 2. The lowest BCUT2D eigenvalue weighted by molar-refractivity contribution is -0.115. The minimum atomic E-state index is -4.44. The molecule has 0 fully saturated rings. The molecule has 34 heavy (non-hydrogen) atoms. The highest BCUT2D eigenvalue weighted by atomic mass is 19.4. The van der Waals surface area contributed by atoms with Crippen molar-refractivity contribution < 1.29 is 17.9 Å². The number of alkyl halides is 3. The summed E-state index contributed by atoms with van der Waals surface area (Å²) in [5.74, 6) is 0.349. The number of halogens is 3. The highest BCUT2D eigenvalue weighted by Crippen LogP contribution is 2.26. The van der Waals surface area contributed by atoms with Gasteiger partial charge in [-0.1, -0.05) is 6.07 Å². The van der Waals surface area contributed by atoms with Crippen molar-refractivity contribution in [2.75, 3.05) is 19.0 Å². The van der Waals surface area contributed by atoms with Gasteiger partial charge >= 0.3 is 6.18 Å². The number of aromatic nitrogens is 5. The Morgan fingerprint density at radius 1 is 1.09 bits per heavy atom. The topological polar surface area (TPSA) is 97.7 Å². The number of benzene rings is 2. The molecule has 0 amide bonds. The summed E-state index contributed by atoms with van der Waals surface area (Å²) in [7, 11) is 1.52. The summed E-state index contributed by atoms with van der Waals surface area (Å²) < 4.78 is 44.6. The number of pyridine rings is 1. The molecular formula is C23H17F3N6O2. The molecular weight excluding hydrogens is 449 g/mol.